The van der Waals surface area contributed by atoms with E-state index in [4.69, 9.17) is 28.9 Å². The first-order valence-electron chi connectivity index (χ1n) is 7.49. The summed E-state index contributed by atoms with van der Waals surface area (Å²) >= 11 is 12.2. The van der Waals surface area contributed by atoms with Gasteiger partial charge in [0, 0.05) is 6.04 Å². The molecule has 1 aromatic carbocycles. The molecule has 0 saturated heterocycles. The molecule has 3 N–H and O–H groups in total. The lowest BCUT2D eigenvalue weighted by atomic mass is 9.84. The molecule has 2 saturated carbocycles. The molecular weight excluding hydrogens is 343 g/mol. The number of benzene rings is 1. The standard InChI is InChI=1S/C16H20Cl2N2O.ClH/c1-8(11-3-2-4-12(17)14(11)18)20-16(21)13-9-5-6-10(7-9)15(13)19;/h2-4,8-10,13,15H,5-7,19H2,1H3,(H,20,21);1H. The summed E-state index contributed by atoms with van der Waals surface area (Å²) in [6.45, 7) is 1.92. The largest absolute Gasteiger partial charge is 0.349 e. The predicted molar refractivity (Wildman–Crippen MR) is 92.6 cm³/mol. The quantitative estimate of drug-likeness (QED) is 0.854. The van der Waals surface area contributed by atoms with Crippen LogP contribution in [0.15, 0.2) is 18.2 Å². The Kier molecular flexibility index (Phi) is 5.65. The normalized spacial score (nSPS) is 30.7. The minimum absolute atomic E-state index is 0. The molecule has 0 spiro atoms. The minimum Gasteiger partial charge on any atom is -0.349 e. The van der Waals surface area contributed by atoms with Gasteiger partial charge in [0.1, 0.15) is 0 Å². The third kappa shape index (κ3) is 3.09. The van der Waals surface area contributed by atoms with Crippen LogP contribution in [-0.2, 0) is 4.79 Å². The maximum atomic E-state index is 12.6. The zero-order valence-electron chi connectivity index (χ0n) is 12.4. The van der Waals surface area contributed by atoms with E-state index >= 15 is 0 Å². The first kappa shape index (κ1) is 17.9. The number of hydrogen-bond donors (Lipinski definition) is 2. The zero-order chi connectivity index (χ0) is 15.1. The summed E-state index contributed by atoms with van der Waals surface area (Å²) in [4.78, 5) is 12.6. The van der Waals surface area contributed by atoms with Gasteiger partial charge in [-0.1, -0.05) is 35.3 Å². The number of amides is 1. The molecule has 22 heavy (non-hydrogen) atoms. The van der Waals surface area contributed by atoms with E-state index in [1.165, 1.54) is 6.42 Å². The summed E-state index contributed by atoms with van der Waals surface area (Å²) < 4.78 is 0. The van der Waals surface area contributed by atoms with E-state index in [9.17, 15) is 4.79 Å². The molecule has 0 heterocycles. The van der Waals surface area contributed by atoms with Crippen molar-refractivity contribution in [2.45, 2.75) is 38.3 Å². The zero-order valence-corrected chi connectivity index (χ0v) is 14.7. The third-order valence-electron chi connectivity index (χ3n) is 5.09. The van der Waals surface area contributed by atoms with Gasteiger partial charge in [-0.15, -0.1) is 12.4 Å². The summed E-state index contributed by atoms with van der Waals surface area (Å²) in [5.74, 6) is 0.977. The van der Waals surface area contributed by atoms with Crippen LogP contribution < -0.4 is 11.1 Å². The Morgan fingerprint density at radius 1 is 1.32 bits per heavy atom. The summed E-state index contributed by atoms with van der Waals surface area (Å²) in [7, 11) is 0. The highest BCUT2D eigenvalue weighted by atomic mass is 35.5. The van der Waals surface area contributed by atoms with Crippen molar-refractivity contribution in [3.63, 3.8) is 0 Å². The lowest BCUT2D eigenvalue weighted by molar-refractivity contribution is -0.127. The number of fused-ring (bicyclic) bond motifs is 2. The van der Waals surface area contributed by atoms with Crippen molar-refractivity contribution in [1.29, 1.82) is 0 Å². The molecule has 3 rings (SSSR count). The van der Waals surface area contributed by atoms with E-state index in [2.05, 4.69) is 5.32 Å². The molecule has 0 aliphatic heterocycles. The lowest BCUT2D eigenvalue weighted by Crippen LogP contribution is -2.45. The molecule has 1 amide bonds. The average molecular weight is 364 g/mol. The molecule has 2 fully saturated rings. The van der Waals surface area contributed by atoms with E-state index in [1.54, 1.807) is 6.07 Å². The van der Waals surface area contributed by atoms with Crippen molar-refractivity contribution in [1.82, 2.24) is 5.32 Å². The Balaban J connectivity index is 0.00000176. The fourth-order valence-corrected chi connectivity index (χ4v) is 4.44. The number of nitrogens with one attached hydrogen (secondary N) is 1. The van der Waals surface area contributed by atoms with E-state index in [0.29, 0.717) is 21.9 Å². The second-order valence-electron chi connectivity index (χ2n) is 6.31. The molecule has 1 aromatic rings. The van der Waals surface area contributed by atoms with Gasteiger partial charge in [-0.25, -0.2) is 0 Å². The summed E-state index contributed by atoms with van der Waals surface area (Å²) in [6.07, 6.45) is 3.40. The number of rotatable bonds is 3. The molecule has 2 aliphatic rings. The van der Waals surface area contributed by atoms with E-state index in [-0.39, 0.29) is 36.3 Å². The average Bonchev–Trinajstić information content (AvgIpc) is 3.02. The topological polar surface area (TPSA) is 55.1 Å². The van der Waals surface area contributed by atoms with Crippen LogP contribution in [0.25, 0.3) is 0 Å². The SMILES string of the molecule is CC(NC(=O)C1C2CCC(C2)C1N)c1cccc(Cl)c1Cl.Cl. The molecule has 5 unspecified atom stereocenters. The third-order valence-corrected chi connectivity index (χ3v) is 5.92. The van der Waals surface area contributed by atoms with Crippen molar-refractivity contribution >= 4 is 41.5 Å². The lowest BCUT2D eigenvalue weighted by Gasteiger charge is -2.28. The van der Waals surface area contributed by atoms with Gasteiger partial charge in [-0.2, -0.15) is 0 Å². The smallest absolute Gasteiger partial charge is 0.225 e. The molecule has 2 bridgehead atoms. The monoisotopic (exact) mass is 362 g/mol. The van der Waals surface area contributed by atoms with Crippen LogP contribution in [0.4, 0.5) is 0 Å². The molecule has 2 aliphatic carbocycles. The summed E-state index contributed by atoms with van der Waals surface area (Å²) in [5, 5.41) is 4.07. The van der Waals surface area contributed by atoms with Crippen LogP contribution in [-0.4, -0.2) is 11.9 Å². The van der Waals surface area contributed by atoms with Gasteiger partial charge >= 0.3 is 0 Å². The highest BCUT2D eigenvalue weighted by Crippen LogP contribution is 2.47. The Labute approximate surface area is 147 Å². The predicted octanol–water partition coefficient (Wildman–Crippen LogP) is 3.97. The number of carbonyl (C=O) groups is 1. The highest BCUT2D eigenvalue weighted by molar-refractivity contribution is 6.42. The van der Waals surface area contributed by atoms with Crippen LogP contribution in [0.1, 0.15) is 37.8 Å². The highest BCUT2D eigenvalue weighted by Gasteiger charge is 2.49. The van der Waals surface area contributed by atoms with Gasteiger partial charge in [0.15, 0.2) is 0 Å². The van der Waals surface area contributed by atoms with Crippen LogP contribution in [0, 0.1) is 17.8 Å². The van der Waals surface area contributed by atoms with Gasteiger partial charge < -0.3 is 11.1 Å². The summed E-state index contributed by atoms with van der Waals surface area (Å²) in [5.41, 5.74) is 7.07. The van der Waals surface area contributed by atoms with Gasteiger partial charge in [0.2, 0.25) is 5.91 Å². The second kappa shape index (κ2) is 6.96. The van der Waals surface area contributed by atoms with Crippen LogP contribution in [0.2, 0.25) is 10.0 Å². The first-order chi connectivity index (χ1) is 9.99. The number of halogens is 3. The maximum absolute atomic E-state index is 12.6. The summed E-state index contributed by atoms with van der Waals surface area (Å²) in [6, 6.07) is 5.31. The van der Waals surface area contributed by atoms with Crippen molar-refractivity contribution in [3.8, 4) is 0 Å². The Morgan fingerprint density at radius 2 is 2.00 bits per heavy atom. The number of hydrogen-bond acceptors (Lipinski definition) is 2. The van der Waals surface area contributed by atoms with Crippen molar-refractivity contribution in [2.75, 3.05) is 0 Å². The van der Waals surface area contributed by atoms with Gasteiger partial charge in [-0.05, 0) is 49.7 Å². The number of carbonyl (C=O) groups excluding carboxylic acids is 1. The minimum atomic E-state index is -0.171. The maximum Gasteiger partial charge on any atom is 0.225 e. The molecule has 0 aromatic heterocycles. The van der Waals surface area contributed by atoms with Gasteiger partial charge in [0.05, 0.1) is 22.0 Å². The second-order valence-corrected chi connectivity index (χ2v) is 7.09. The van der Waals surface area contributed by atoms with Gasteiger partial charge in [-0.3, -0.25) is 4.79 Å². The first-order valence-corrected chi connectivity index (χ1v) is 8.24. The molecule has 5 atom stereocenters. The molecule has 0 radical (unpaired) electrons. The fourth-order valence-electron chi connectivity index (χ4n) is 3.97. The molecule has 3 nitrogen and oxygen atoms in total. The molecule has 6 heteroatoms. The van der Waals surface area contributed by atoms with E-state index < -0.39 is 0 Å². The molecular formula is C16H21Cl3N2O. The van der Waals surface area contributed by atoms with E-state index in [0.717, 1.165) is 18.4 Å². The Morgan fingerprint density at radius 3 is 2.64 bits per heavy atom. The fraction of sp³-hybridized carbons (Fsp3) is 0.562. The number of nitrogens with two attached hydrogens (primary N) is 1. The van der Waals surface area contributed by atoms with Crippen LogP contribution >= 0.6 is 35.6 Å². The van der Waals surface area contributed by atoms with Crippen molar-refractivity contribution < 1.29 is 4.79 Å². The molecule has 122 valence electrons. The van der Waals surface area contributed by atoms with E-state index in [1.807, 2.05) is 19.1 Å². The van der Waals surface area contributed by atoms with Crippen LogP contribution in [0.5, 0.6) is 0 Å². The van der Waals surface area contributed by atoms with Crippen molar-refractivity contribution in [2.24, 2.45) is 23.5 Å². The Hall–Kier alpha value is -0.480. The van der Waals surface area contributed by atoms with Gasteiger partial charge in [0.25, 0.3) is 0 Å². The van der Waals surface area contributed by atoms with Crippen LogP contribution in [0.3, 0.4) is 0 Å². The van der Waals surface area contributed by atoms with Crippen molar-refractivity contribution in [3.05, 3.63) is 33.8 Å². The Bertz CT molecular complexity index is 564.